The van der Waals surface area contributed by atoms with Gasteiger partial charge in [-0.1, -0.05) is 11.6 Å². The van der Waals surface area contributed by atoms with Gasteiger partial charge in [-0.05, 0) is 24.3 Å². The Morgan fingerprint density at radius 2 is 2.12 bits per heavy atom. The van der Waals surface area contributed by atoms with Crippen LogP contribution in [0.4, 0.5) is 0 Å². The van der Waals surface area contributed by atoms with Gasteiger partial charge in [0.2, 0.25) is 0 Å². The van der Waals surface area contributed by atoms with E-state index in [0.717, 1.165) is 5.75 Å². The number of hydrogen-bond acceptors (Lipinski definition) is 7. The molecule has 0 amide bonds. The number of nitrogens with zero attached hydrogens (tertiary/aromatic N) is 1. The van der Waals surface area contributed by atoms with E-state index in [1.54, 1.807) is 29.3 Å². The van der Waals surface area contributed by atoms with E-state index in [1.165, 1.54) is 0 Å². The number of hydroxylamine groups is 2. The number of aliphatic hydroxyl groups is 2. The molecule has 1 aromatic carbocycles. The Bertz CT molecular complexity index is 540. The highest BCUT2D eigenvalue weighted by atomic mass is 35.5. The van der Waals surface area contributed by atoms with Crippen molar-refractivity contribution in [3.05, 3.63) is 29.3 Å². The van der Waals surface area contributed by atoms with Crippen molar-refractivity contribution >= 4 is 23.2 Å². The number of β-amino-alcohol motifs (C(OH)–C–C–N with tert-alkyl or cyclic N) is 1. The van der Waals surface area contributed by atoms with E-state index in [4.69, 9.17) is 37.5 Å². The fraction of sp³-hybridized carbons (Fsp3) is 0.625. The Morgan fingerprint density at radius 1 is 1.36 bits per heavy atom. The molecule has 7 nitrogen and oxygen atoms in total. The Balaban J connectivity index is 1.35. The first kappa shape index (κ1) is 19.1. The van der Waals surface area contributed by atoms with Crippen molar-refractivity contribution in [2.24, 2.45) is 0 Å². The number of alkyl halides is 1. The minimum atomic E-state index is -0.720. The van der Waals surface area contributed by atoms with Crippen molar-refractivity contribution in [1.82, 2.24) is 10.4 Å². The average Bonchev–Trinajstić information content (AvgIpc) is 3.14. The van der Waals surface area contributed by atoms with E-state index in [0.29, 0.717) is 31.1 Å². The lowest BCUT2D eigenvalue weighted by molar-refractivity contribution is -0.139. The summed E-state index contributed by atoms with van der Waals surface area (Å²) in [6, 6.07) is 7.15. The Kier molecular flexibility index (Phi) is 6.76. The number of aliphatic hydroxyl groups excluding tert-OH is 2. The molecule has 2 aliphatic heterocycles. The van der Waals surface area contributed by atoms with Gasteiger partial charge in [-0.25, -0.2) is 0 Å². The van der Waals surface area contributed by atoms with Crippen molar-refractivity contribution in [3.8, 4) is 5.75 Å². The number of rotatable bonds is 7. The van der Waals surface area contributed by atoms with Crippen LogP contribution in [-0.4, -0.2) is 71.6 Å². The molecule has 2 saturated heterocycles. The molecular weight excluding hydrogens is 371 g/mol. The summed E-state index contributed by atoms with van der Waals surface area (Å²) in [4.78, 5) is 5.53. The fourth-order valence-corrected chi connectivity index (χ4v) is 3.12. The molecule has 9 heteroatoms. The van der Waals surface area contributed by atoms with Crippen LogP contribution in [0.2, 0.25) is 5.02 Å². The molecular formula is C16H22Cl2N2O5. The molecule has 0 spiro atoms. The first-order chi connectivity index (χ1) is 12.0. The number of benzene rings is 1. The van der Waals surface area contributed by atoms with E-state index in [2.05, 4.69) is 5.32 Å². The zero-order valence-electron chi connectivity index (χ0n) is 13.6. The predicted molar refractivity (Wildman–Crippen MR) is 92.5 cm³/mol. The standard InChI is InChI=1S/C16H22Cl2N2O5/c17-10-1-3-12(4-2-10)25-13-7-20(24-9-13)6-11(21)8-23-15-5-14(22)16(18)19-15/h1-4,11,13-16,19,21-22H,5-9H2/t11-,13-,14+,15?,16?/m1/s1. The number of halogens is 2. The van der Waals surface area contributed by atoms with Crippen LogP contribution in [0.5, 0.6) is 5.75 Å². The minimum absolute atomic E-state index is 0.113. The zero-order chi connectivity index (χ0) is 17.8. The van der Waals surface area contributed by atoms with Gasteiger partial charge in [0, 0.05) is 11.4 Å². The van der Waals surface area contributed by atoms with Gasteiger partial charge < -0.3 is 19.7 Å². The summed E-state index contributed by atoms with van der Waals surface area (Å²) in [6.45, 7) is 1.39. The van der Waals surface area contributed by atoms with Gasteiger partial charge in [0.25, 0.3) is 0 Å². The second-order valence-corrected chi connectivity index (χ2v) is 7.09. The maximum atomic E-state index is 10.1. The molecule has 0 saturated carbocycles. The molecule has 3 rings (SSSR count). The van der Waals surface area contributed by atoms with Crippen LogP contribution in [-0.2, 0) is 9.57 Å². The number of ether oxygens (including phenoxy) is 2. The first-order valence-electron chi connectivity index (χ1n) is 8.17. The lowest BCUT2D eigenvalue weighted by atomic mass is 10.3. The maximum Gasteiger partial charge on any atom is 0.139 e. The smallest absolute Gasteiger partial charge is 0.139 e. The molecule has 2 heterocycles. The monoisotopic (exact) mass is 392 g/mol. The fourth-order valence-electron chi connectivity index (χ4n) is 2.75. The summed E-state index contributed by atoms with van der Waals surface area (Å²) < 4.78 is 11.3. The van der Waals surface area contributed by atoms with Gasteiger partial charge in [0.1, 0.15) is 30.2 Å². The van der Waals surface area contributed by atoms with Crippen LogP contribution < -0.4 is 10.1 Å². The van der Waals surface area contributed by atoms with E-state index in [9.17, 15) is 10.2 Å². The summed E-state index contributed by atoms with van der Waals surface area (Å²) in [5.74, 6) is 0.727. The summed E-state index contributed by atoms with van der Waals surface area (Å²) in [7, 11) is 0. The first-order valence-corrected chi connectivity index (χ1v) is 8.99. The molecule has 5 atom stereocenters. The van der Waals surface area contributed by atoms with Crippen LogP contribution in [0, 0.1) is 0 Å². The second kappa shape index (κ2) is 8.83. The highest BCUT2D eigenvalue weighted by molar-refractivity contribution is 6.30. The van der Waals surface area contributed by atoms with Crippen LogP contribution in [0.25, 0.3) is 0 Å². The molecule has 25 heavy (non-hydrogen) atoms. The van der Waals surface area contributed by atoms with Crippen LogP contribution in [0.3, 0.4) is 0 Å². The van der Waals surface area contributed by atoms with Gasteiger partial charge in [-0.2, -0.15) is 5.06 Å². The number of hydrogen-bond donors (Lipinski definition) is 3. The summed E-state index contributed by atoms with van der Waals surface area (Å²) in [5.41, 5.74) is -0.519. The van der Waals surface area contributed by atoms with Crippen LogP contribution in [0.15, 0.2) is 24.3 Å². The Labute approximate surface area is 156 Å². The third-order valence-corrected chi connectivity index (χ3v) is 4.68. The van der Waals surface area contributed by atoms with Gasteiger partial charge in [0.05, 0.1) is 31.9 Å². The topological polar surface area (TPSA) is 83.4 Å². The predicted octanol–water partition coefficient (Wildman–Crippen LogP) is 0.957. The summed E-state index contributed by atoms with van der Waals surface area (Å²) in [6.07, 6.45) is -1.43. The lowest BCUT2D eigenvalue weighted by Gasteiger charge is -2.20. The third-order valence-electron chi connectivity index (χ3n) is 4.01. The highest BCUT2D eigenvalue weighted by Gasteiger charge is 2.32. The molecule has 2 fully saturated rings. The largest absolute Gasteiger partial charge is 0.486 e. The second-order valence-electron chi connectivity index (χ2n) is 6.18. The average molecular weight is 393 g/mol. The quantitative estimate of drug-likeness (QED) is 0.470. The minimum Gasteiger partial charge on any atom is -0.486 e. The molecule has 140 valence electrons. The van der Waals surface area contributed by atoms with Crippen LogP contribution >= 0.6 is 23.2 Å². The van der Waals surface area contributed by atoms with Crippen molar-refractivity contribution in [2.45, 2.75) is 36.5 Å². The van der Waals surface area contributed by atoms with E-state index in [1.807, 2.05) is 0 Å². The zero-order valence-corrected chi connectivity index (χ0v) is 15.1. The normalized spacial score (nSPS) is 31.4. The Hall–Kier alpha value is -0.640. The third kappa shape index (κ3) is 5.67. The SMILES string of the molecule is O[C@@H](COC1C[C@H](O)C(Cl)N1)CN1C[C@@H](Oc2ccc(Cl)cc2)CO1. The molecule has 2 unspecified atom stereocenters. The molecule has 1 aromatic rings. The van der Waals surface area contributed by atoms with E-state index < -0.39 is 17.7 Å². The highest BCUT2D eigenvalue weighted by Crippen LogP contribution is 2.20. The van der Waals surface area contributed by atoms with Gasteiger partial charge in [-0.15, -0.1) is 11.6 Å². The molecule has 0 aliphatic carbocycles. The molecule has 0 radical (unpaired) electrons. The Morgan fingerprint density at radius 3 is 2.80 bits per heavy atom. The molecule has 0 aromatic heterocycles. The molecule has 3 N–H and O–H groups in total. The lowest BCUT2D eigenvalue weighted by Crippen LogP contribution is -2.37. The summed E-state index contributed by atoms with van der Waals surface area (Å²) >= 11 is 11.7. The van der Waals surface area contributed by atoms with Crippen molar-refractivity contribution < 1.29 is 24.5 Å². The molecule has 0 bridgehead atoms. The van der Waals surface area contributed by atoms with Crippen LogP contribution in [0.1, 0.15) is 6.42 Å². The molecule has 2 aliphatic rings. The van der Waals surface area contributed by atoms with Crippen molar-refractivity contribution in [2.75, 3.05) is 26.3 Å². The van der Waals surface area contributed by atoms with Crippen molar-refractivity contribution in [3.63, 3.8) is 0 Å². The number of nitrogens with one attached hydrogen (secondary N) is 1. The van der Waals surface area contributed by atoms with E-state index in [-0.39, 0.29) is 18.9 Å². The maximum absolute atomic E-state index is 10.1. The van der Waals surface area contributed by atoms with Gasteiger partial charge >= 0.3 is 0 Å². The van der Waals surface area contributed by atoms with Crippen molar-refractivity contribution in [1.29, 1.82) is 0 Å². The van der Waals surface area contributed by atoms with Gasteiger partial charge in [-0.3, -0.25) is 10.2 Å². The summed E-state index contributed by atoms with van der Waals surface area (Å²) in [5, 5.41) is 24.8. The van der Waals surface area contributed by atoms with E-state index >= 15 is 0 Å². The van der Waals surface area contributed by atoms with Gasteiger partial charge in [0.15, 0.2) is 0 Å².